The van der Waals surface area contributed by atoms with Gasteiger partial charge in [0.2, 0.25) is 5.91 Å². The lowest BCUT2D eigenvalue weighted by molar-refractivity contribution is -0.131. The molecule has 0 saturated carbocycles. The summed E-state index contributed by atoms with van der Waals surface area (Å²) in [5.41, 5.74) is 0.124. The van der Waals surface area contributed by atoms with Gasteiger partial charge < -0.3 is 14.4 Å². The molecule has 106 valence electrons. The number of furan rings is 1. The zero-order chi connectivity index (χ0) is 14.4. The SMILES string of the molecule is CCN(CC)C(=O)CN(C)Cc1cc(C(=O)O)co1. The first-order valence-corrected chi connectivity index (χ1v) is 6.24. The maximum Gasteiger partial charge on any atom is 0.338 e. The fourth-order valence-corrected chi connectivity index (χ4v) is 1.80. The monoisotopic (exact) mass is 268 g/mol. The molecule has 0 radical (unpaired) electrons. The molecule has 0 atom stereocenters. The summed E-state index contributed by atoms with van der Waals surface area (Å²) >= 11 is 0. The summed E-state index contributed by atoms with van der Waals surface area (Å²) in [6.07, 6.45) is 1.21. The molecule has 6 nitrogen and oxygen atoms in total. The molecular formula is C13H20N2O4. The lowest BCUT2D eigenvalue weighted by Gasteiger charge is -2.22. The number of carbonyl (C=O) groups is 2. The molecule has 0 aliphatic carbocycles. The van der Waals surface area contributed by atoms with E-state index < -0.39 is 5.97 Å². The number of hydrogen-bond acceptors (Lipinski definition) is 4. The van der Waals surface area contributed by atoms with Crippen molar-refractivity contribution < 1.29 is 19.1 Å². The fraction of sp³-hybridized carbons (Fsp3) is 0.538. The minimum absolute atomic E-state index is 0.0533. The Morgan fingerprint density at radius 2 is 1.95 bits per heavy atom. The Balaban J connectivity index is 2.52. The molecule has 6 heteroatoms. The summed E-state index contributed by atoms with van der Waals surface area (Å²) in [7, 11) is 1.80. The minimum atomic E-state index is -1.02. The van der Waals surface area contributed by atoms with Crippen molar-refractivity contribution in [3.63, 3.8) is 0 Å². The summed E-state index contributed by atoms with van der Waals surface area (Å²) in [6.45, 7) is 5.94. The quantitative estimate of drug-likeness (QED) is 0.806. The van der Waals surface area contributed by atoms with Crippen molar-refractivity contribution in [1.82, 2.24) is 9.80 Å². The van der Waals surface area contributed by atoms with Crippen LogP contribution in [0.4, 0.5) is 0 Å². The van der Waals surface area contributed by atoms with Crippen LogP contribution in [0.15, 0.2) is 16.7 Å². The normalized spacial score (nSPS) is 10.7. The molecule has 1 aromatic heterocycles. The lowest BCUT2D eigenvalue weighted by atomic mass is 10.3. The second-order valence-corrected chi connectivity index (χ2v) is 4.35. The molecule has 0 fully saturated rings. The first kappa shape index (κ1) is 15.2. The van der Waals surface area contributed by atoms with Gasteiger partial charge in [0.15, 0.2) is 0 Å². The van der Waals surface area contributed by atoms with Crippen LogP contribution in [0.1, 0.15) is 30.0 Å². The van der Waals surface area contributed by atoms with Crippen LogP contribution >= 0.6 is 0 Å². The molecule has 1 aromatic rings. The first-order chi connectivity index (χ1) is 8.97. The van der Waals surface area contributed by atoms with Crippen molar-refractivity contribution in [2.24, 2.45) is 0 Å². The Bertz CT molecular complexity index is 438. The summed E-state index contributed by atoms with van der Waals surface area (Å²) < 4.78 is 5.14. The molecule has 1 rings (SSSR count). The summed E-state index contributed by atoms with van der Waals surface area (Å²) in [5.74, 6) is -0.429. The number of carboxylic acids is 1. The minimum Gasteiger partial charge on any atom is -0.478 e. The van der Waals surface area contributed by atoms with Crippen LogP contribution in [0, 0.1) is 0 Å². The van der Waals surface area contributed by atoms with E-state index in [0.29, 0.717) is 25.4 Å². The third kappa shape index (κ3) is 4.40. The van der Waals surface area contributed by atoms with Crippen LogP contribution in [0.25, 0.3) is 0 Å². The van der Waals surface area contributed by atoms with Crippen molar-refractivity contribution in [2.45, 2.75) is 20.4 Å². The third-order valence-corrected chi connectivity index (χ3v) is 2.85. The van der Waals surface area contributed by atoms with Gasteiger partial charge in [-0.15, -0.1) is 0 Å². The topological polar surface area (TPSA) is 74.0 Å². The Kier molecular flexibility index (Phi) is 5.57. The van der Waals surface area contributed by atoms with Gasteiger partial charge in [-0.3, -0.25) is 9.69 Å². The average Bonchev–Trinajstić information content (AvgIpc) is 2.78. The number of hydrogen-bond donors (Lipinski definition) is 1. The first-order valence-electron chi connectivity index (χ1n) is 6.24. The van der Waals surface area contributed by atoms with E-state index >= 15 is 0 Å². The van der Waals surface area contributed by atoms with E-state index in [1.807, 2.05) is 13.8 Å². The Morgan fingerprint density at radius 3 is 2.42 bits per heavy atom. The summed E-state index contributed by atoms with van der Waals surface area (Å²) in [5, 5.41) is 8.78. The second kappa shape index (κ2) is 6.94. The van der Waals surface area contributed by atoms with Crippen LogP contribution in [0.2, 0.25) is 0 Å². The molecule has 0 unspecified atom stereocenters. The van der Waals surface area contributed by atoms with E-state index in [4.69, 9.17) is 9.52 Å². The van der Waals surface area contributed by atoms with E-state index in [1.165, 1.54) is 12.3 Å². The van der Waals surface area contributed by atoms with Crippen LogP contribution in [0.5, 0.6) is 0 Å². The van der Waals surface area contributed by atoms with E-state index in [1.54, 1.807) is 16.8 Å². The van der Waals surface area contributed by atoms with Crippen LogP contribution in [0.3, 0.4) is 0 Å². The Labute approximate surface area is 112 Å². The number of carbonyl (C=O) groups excluding carboxylic acids is 1. The highest BCUT2D eigenvalue weighted by Crippen LogP contribution is 2.10. The van der Waals surface area contributed by atoms with Crippen LogP contribution < -0.4 is 0 Å². The van der Waals surface area contributed by atoms with E-state index in [9.17, 15) is 9.59 Å². The van der Waals surface area contributed by atoms with E-state index in [0.717, 1.165) is 0 Å². The summed E-state index contributed by atoms with van der Waals surface area (Å²) in [4.78, 5) is 26.1. The third-order valence-electron chi connectivity index (χ3n) is 2.85. The zero-order valence-corrected chi connectivity index (χ0v) is 11.5. The van der Waals surface area contributed by atoms with Gasteiger partial charge in [-0.05, 0) is 27.0 Å². The molecular weight excluding hydrogens is 248 g/mol. The van der Waals surface area contributed by atoms with Crippen molar-refractivity contribution in [3.8, 4) is 0 Å². The van der Waals surface area contributed by atoms with Crippen LogP contribution in [-0.4, -0.2) is 53.5 Å². The zero-order valence-electron chi connectivity index (χ0n) is 11.5. The average molecular weight is 268 g/mol. The predicted octanol–water partition coefficient (Wildman–Crippen LogP) is 1.28. The number of aromatic carboxylic acids is 1. The maximum absolute atomic E-state index is 11.9. The molecule has 0 aliphatic heterocycles. The second-order valence-electron chi connectivity index (χ2n) is 4.35. The van der Waals surface area contributed by atoms with Crippen molar-refractivity contribution >= 4 is 11.9 Å². The molecule has 1 heterocycles. The highest BCUT2D eigenvalue weighted by atomic mass is 16.4. The van der Waals surface area contributed by atoms with Gasteiger partial charge in [-0.25, -0.2) is 4.79 Å². The fourth-order valence-electron chi connectivity index (χ4n) is 1.80. The number of rotatable bonds is 7. The molecule has 0 bridgehead atoms. The highest BCUT2D eigenvalue weighted by molar-refractivity contribution is 5.87. The van der Waals surface area contributed by atoms with Gasteiger partial charge in [0.25, 0.3) is 0 Å². The van der Waals surface area contributed by atoms with Crippen molar-refractivity contribution in [3.05, 3.63) is 23.7 Å². The molecule has 1 amide bonds. The maximum atomic E-state index is 11.9. The van der Waals surface area contributed by atoms with Crippen LogP contribution in [-0.2, 0) is 11.3 Å². The molecule has 19 heavy (non-hydrogen) atoms. The van der Waals surface area contributed by atoms with Gasteiger partial charge in [0.1, 0.15) is 12.0 Å². The molecule has 1 N–H and O–H groups in total. The largest absolute Gasteiger partial charge is 0.478 e. The Hall–Kier alpha value is -1.82. The lowest BCUT2D eigenvalue weighted by Crippen LogP contribution is -2.38. The molecule has 0 aliphatic rings. The highest BCUT2D eigenvalue weighted by Gasteiger charge is 2.14. The predicted molar refractivity (Wildman–Crippen MR) is 69.9 cm³/mol. The Morgan fingerprint density at radius 1 is 1.32 bits per heavy atom. The van der Waals surface area contributed by atoms with Gasteiger partial charge >= 0.3 is 5.97 Å². The van der Waals surface area contributed by atoms with Crippen molar-refractivity contribution in [1.29, 1.82) is 0 Å². The van der Waals surface area contributed by atoms with E-state index in [-0.39, 0.29) is 18.0 Å². The smallest absolute Gasteiger partial charge is 0.338 e. The van der Waals surface area contributed by atoms with Crippen molar-refractivity contribution in [2.75, 3.05) is 26.7 Å². The molecule has 0 saturated heterocycles. The van der Waals surface area contributed by atoms with Gasteiger partial charge in [-0.2, -0.15) is 0 Å². The standard InChI is InChI=1S/C13H20N2O4/c1-4-15(5-2)12(16)8-14(3)7-11-6-10(9-19-11)13(17)18/h6,9H,4-5,7-8H2,1-3H3,(H,17,18). The van der Waals surface area contributed by atoms with Gasteiger partial charge in [-0.1, -0.05) is 0 Å². The molecule has 0 spiro atoms. The van der Waals surface area contributed by atoms with Gasteiger partial charge in [0.05, 0.1) is 18.7 Å². The number of carboxylic acid groups (broad SMARTS) is 1. The summed E-state index contributed by atoms with van der Waals surface area (Å²) in [6, 6.07) is 1.47. The van der Waals surface area contributed by atoms with E-state index in [2.05, 4.69) is 0 Å². The number of likely N-dealkylation sites (N-methyl/N-ethyl adjacent to an activating group) is 2. The number of amides is 1. The number of nitrogens with zero attached hydrogens (tertiary/aromatic N) is 2. The van der Waals surface area contributed by atoms with Gasteiger partial charge in [0, 0.05) is 13.1 Å². The molecule has 0 aromatic carbocycles.